The molecule has 0 bridgehead atoms. The van der Waals surface area contributed by atoms with Crippen molar-refractivity contribution < 1.29 is 38.4 Å². The van der Waals surface area contributed by atoms with Gasteiger partial charge in [-0.15, -0.1) is 0 Å². The maximum atomic E-state index is 13.2. The number of esters is 2. The van der Waals surface area contributed by atoms with E-state index in [0.717, 1.165) is 103 Å². The first-order chi connectivity index (χ1) is 30.9. The summed E-state index contributed by atoms with van der Waals surface area (Å²) in [6.07, 6.45) is 38.9. The van der Waals surface area contributed by atoms with Gasteiger partial charge in [-0.1, -0.05) is 169 Å². The van der Waals surface area contributed by atoms with Gasteiger partial charge in [-0.25, -0.2) is 0 Å². The lowest BCUT2D eigenvalue weighted by molar-refractivity contribution is -0.160. The first-order valence-electron chi connectivity index (χ1n) is 27.4. The minimum absolute atomic E-state index is 0.0447. The Bertz CT molecular complexity index is 889. The number of nitrogens with zero attached hydrogens (tertiary/aromatic N) is 1. The van der Waals surface area contributed by atoms with Crippen molar-refractivity contribution in [2.24, 2.45) is 5.41 Å². The molecule has 1 heterocycles. The lowest BCUT2D eigenvalue weighted by atomic mass is 9.73. The zero-order valence-corrected chi connectivity index (χ0v) is 42.2. The number of piperidine rings is 1. The standard InChI is InChI=1S/C54H105NO8/c1-5-9-13-17-21-22-26-32-50(59-45-29-23-18-14-10-6-2)33-34-51(57)60-48-39-54(37-42-55(43-38-54)41-27-28-44-56)40-49-61-52(58)35-36-53(62-46-30-24-19-15-11-7-3)63-47-31-25-20-16-12-8-4/h50,53,56H,5-49H2,1-4H3. The quantitative estimate of drug-likeness (QED) is 0.0363. The Balaban J connectivity index is 2.68. The zero-order chi connectivity index (χ0) is 45.7. The SMILES string of the molecule is CCCCCCCCCC(CCC(=O)OCCC1(CCOC(=O)CCC(OCCCCCCCC)OCCCCCCCC)CCN(CCCCO)CC1)OCCCCCCCC. The molecule has 0 aromatic heterocycles. The van der Waals surface area contributed by atoms with Gasteiger partial charge >= 0.3 is 11.9 Å². The number of hydrogen-bond acceptors (Lipinski definition) is 9. The molecule has 1 fully saturated rings. The predicted molar refractivity (Wildman–Crippen MR) is 262 cm³/mol. The Morgan fingerprint density at radius 3 is 1.35 bits per heavy atom. The highest BCUT2D eigenvalue weighted by Crippen LogP contribution is 2.39. The molecule has 63 heavy (non-hydrogen) atoms. The van der Waals surface area contributed by atoms with Crippen molar-refractivity contribution in [3.05, 3.63) is 0 Å². The molecule has 9 nitrogen and oxygen atoms in total. The number of aliphatic hydroxyl groups is 1. The highest BCUT2D eigenvalue weighted by molar-refractivity contribution is 5.69. The smallest absolute Gasteiger partial charge is 0.305 e. The number of carbonyl (C=O) groups is 2. The summed E-state index contributed by atoms with van der Waals surface area (Å²) in [6, 6.07) is 0. The van der Waals surface area contributed by atoms with E-state index in [2.05, 4.69) is 32.6 Å². The highest BCUT2D eigenvalue weighted by Gasteiger charge is 2.35. The lowest BCUT2D eigenvalue weighted by Gasteiger charge is -2.42. The fraction of sp³-hybridized carbons (Fsp3) is 0.963. The van der Waals surface area contributed by atoms with E-state index in [1.54, 1.807) is 0 Å². The van der Waals surface area contributed by atoms with Gasteiger partial charge in [-0.3, -0.25) is 9.59 Å². The molecule has 1 N–H and O–H groups in total. The molecule has 374 valence electrons. The molecule has 0 spiro atoms. The van der Waals surface area contributed by atoms with Crippen LogP contribution in [0.1, 0.15) is 259 Å². The minimum Gasteiger partial charge on any atom is -0.466 e. The fourth-order valence-electron chi connectivity index (χ4n) is 8.93. The third-order valence-electron chi connectivity index (χ3n) is 13.4. The number of unbranched alkanes of at least 4 members (excludes halogenated alkanes) is 22. The second-order valence-electron chi connectivity index (χ2n) is 19.2. The summed E-state index contributed by atoms with van der Waals surface area (Å²) < 4.78 is 30.6. The molecule has 0 aromatic rings. The van der Waals surface area contributed by atoms with E-state index in [1.807, 2.05) is 0 Å². The Morgan fingerprint density at radius 2 is 0.889 bits per heavy atom. The van der Waals surface area contributed by atoms with E-state index >= 15 is 0 Å². The molecule has 0 radical (unpaired) electrons. The fourth-order valence-corrected chi connectivity index (χ4v) is 8.93. The van der Waals surface area contributed by atoms with Gasteiger partial charge in [0.1, 0.15) is 0 Å². The van der Waals surface area contributed by atoms with Crippen LogP contribution in [0.5, 0.6) is 0 Å². The molecule has 0 aromatic carbocycles. The maximum Gasteiger partial charge on any atom is 0.305 e. The number of carbonyl (C=O) groups excluding carboxylic acids is 2. The lowest BCUT2D eigenvalue weighted by Crippen LogP contribution is -2.42. The van der Waals surface area contributed by atoms with Crippen LogP contribution in [0.4, 0.5) is 0 Å². The summed E-state index contributed by atoms with van der Waals surface area (Å²) in [5.41, 5.74) is -0.0447. The van der Waals surface area contributed by atoms with Crippen LogP contribution in [0, 0.1) is 5.41 Å². The molecule has 1 atom stereocenters. The molecular formula is C54H105NO8. The van der Waals surface area contributed by atoms with E-state index in [9.17, 15) is 14.7 Å². The average Bonchev–Trinajstić information content (AvgIpc) is 3.28. The van der Waals surface area contributed by atoms with Gasteiger partial charge < -0.3 is 33.7 Å². The van der Waals surface area contributed by atoms with Crippen LogP contribution in [-0.2, 0) is 33.3 Å². The van der Waals surface area contributed by atoms with Gasteiger partial charge in [0.15, 0.2) is 6.29 Å². The molecule has 9 heteroatoms. The van der Waals surface area contributed by atoms with Gasteiger partial charge in [-0.2, -0.15) is 0 Å². The van der Waals surface area contributed by atoms with E-state index in [1.165, 1.54) is 135 Å². The first-order valence-corrected chi connectivity index (χ1v) is 27.4. The summed E-state index contributed by atoms with van der Waals surface area (Å²) in [4.78, 5) is 28.7. The number of aliphatic hydroxyl groups excluding tert-OH is 1. The number of rotatable bonds is 48. The highest BCUT2D eigenvalue weighted by atomic mass is 16.7. The Labute approximate surface area is 390 Å². The van der Waals surface area contributed by atoms with Crippen molar-refractivity contribution in [2.75, 3.05) is 59.3 Å². The van der Waals surface area contributed by atoms with Crippen molar-refractivity contribution >= 4 is 11.9 Å². The monoisotopic (exact) mass is 896 g/mol. The summed E-state index contributed by atoms with van der Waals surface area (Å²) in [7, 11) is 0. The van der Waals surface area contributed by atoms with Crippen molar-refractivity contribution in [2.45, 2.75) is 271 Å². The summed E-state index contributed by atoms with van der Waals surface area (Å²) in [6.45, 7) is 15.0. The molecule has 1 aliphatic heterocycles. The van der Waals surface area contributed by atoms with Crippen LogP contribution >= 0.6 is 0 Å². The Hall–Kier alpha value is -1.26. The average molecular weight is 896 g/mol. The van der Waals surface area contributed by atoms with Gasteiger partial charge in [0.05, 0.1) is 25.7 Å². The number of hydrogen-bond donors (Lipinski definition) is 1. The van der Waals surface area contributed by atoms with Gasteiger partial charge in [0.25, 0.3) is 0 Å². The third-order valence-corrected chi connectivity index (χ3v) is 13.4. The van der Waals surface area contributed by atoms with Crippen LogP contribution in [0.2, 0.25) is 0 Å². The molecule has 0 amide bonds. The van der Waals surface area contributed by atoms with Crippen LogP contribution in [0.3, 0.4) is 0 Å². The predicted octanol–water partition coefficient (Wildman–Crippen LogP) is 14.2. The van der Waals surface area contributed by atoms with Crippen molar-refractivity contribution in [1.29, 1.82) is 0 Å². The molecule has 1 rings (SSSR count). The molecule has 1 saturated heterocycles. The van der Waals surface area contributed by atoms with Gasteiger partial charge in [0.2, 0.25) is 0 Å². The molecule has 1 unspecified atom stereocenters. The zero-order valence-electron chi connectivity index (χ0n) is 42.2. The molecular weight excluding hydrogens is 791 g/mol. The first kappa shape index (κ1) is 59.8. The van der Waals surface area contributed by atoms with Crippen LogP contribution in [-0.4, -0.2) is 93.6 Å². The Kier molecular flexibility index (Phi) is 42.3. The van der Waals surface area contributed by atoms with Crippen molar-refractivity contribution in [3.63, 3.8) is 0 Å². The van der Waals surface area contributed by atoms with Crippen LogP contribution in [0.15, 0.2) is 0 Å². The second kappa shape index (κ2) is 44.6. The van der Waals surface area contributed by atoms with Crippen LogP contribution < -0.4 is 0 Å². The van der Waals surface area contributed by atoms with Crippen molar-refractivity contribution in [1.82, 2.24) is 4.90 Å². The molecule has 0 saturated carbocycles. The summed E-state index contributed by atoms with van der Waals surface area (Å²) in [5, 5.41) is 9.30. The topological polar surface area (TPSA) is 104 Å². The largest absolute Gasteiger partial charge is 0.466 e. The number of ether oxygens (including phenoxy) is 5. The van der Waals surface area contributed by atoms with E-state index < -0.39 is 0 Å². The van der Waals surface area contributed by atoms with Crippen molar-refractivity contribution in [3.8, 4) is 0 Å². The number of likely N-dealkylation sites (tertiary alicyclic amines) is 1. The maximum absolute atomic E-state index is 13.2. The normalized spacial score (nSPS) is 14.7. The van der Waals surface area contributed by atoms with Gasteiger partial charge in [-0.05, 0) is 95.7 Å². The third kappa shape index (κ3) is 36.5. The van der Waals surface area contributed by atoms with E-state index in [0.29, 0.717) is 39.3 Å². The summed E-state index contributed by atoms with van der Waals surface area (Å²) in [5.74, 6) is -0.322. The molecule has 1 aliphatic rings. The summed E-state index contributed by atoms with van der Waals surface area (Å²) >= 11 is 0. The Morgan fingerprint density at radius 1 is 0.476 bits per heavy atom. The minimum atomic E-state index is -0.373. The van der Waals surface area contributed by atoms with E-state index in [4.69, 9.17) is 23.7 Å². The van der Waals surface area contributed by atoms with E-state index in [-0.39, 0.29) is 42.8 Å². The van der Waals surface area contributed by atoms with Gasteiger partial charge in [0, 0.05) is 39.3 Å². The van der Waals surface area contributed by atoms with Crippen LogP contribution in [0.25, 0.3) is 0 Å². The molecule has 0 aliphatic carbocycles. The second-order valence-corrected chi connectivity index (χ2v) is 19.2.